The van der Waals surface area contributed by atoms with Crippen molar-refractivity contribution in [2.75, 3.05) is 7.05 Å². The van der Waals surface area contributed by atoms with E-state index in [1.165, 1.54) is 36.5 Å². The number of thiophene rings is 2. The standard InChI is InChI=1S/C16H16N2S2/c1-9-5-12(6-18-13(9)7-17-4)15-11(3)14-10(2)8-19-16(14)20-15/h5-8H,1-4H3. The summed E-state index contributed by atoms with van der Waals surface area (Å²) in [6.45, 7) is 6.49. The normalized spacial score (nSPS) is 11.8. The smallest absolute Gasteiger partial charge is 0.0877 e. The molecule has 0 unspecified atom stereocenters. The third kappa shape index (κ3) is 2.09. The molecule has 4 heteroatoms. The molecule has 102 valence electrons. The van der Waals surface area contributed by atoms with E-state index in [-0.39, 0.29) is 0 Å². The average molecular weight is 300 g/mol. The number of nitrogens with zero attached hydrogens (tertiary/aromatic N) is 2. The predicted molar refractivity (Wildman–Crippen MR) is 90.7 cm³/mol. The zero-order chi connectivity index (χ0) is 14.3. The van der Waals surface area contributed by atoms with Crippen molar-refractivity contribution in [3.8, 4) is 10.4 Å². The Bertz CT molecular complexity index is 809. The number of hydrogen-bond donors (Lipinski definition) is 0. The maximum Gasteiger partial charge on any atom is 0.0877 e. The third-order valence-electron chi connectivity index (χ3n) is 3.48. The molecule has 3 aromatic heterocycles. The summed E-state index contributed by atoms with van der Waals surface area (Å²) >= 11 is 3.71. The average Bonchev–Trinajstić information content (AvgIpc) is 2.94. The van der Waals surface area contributed by atoms with Crippen molar-refractivity contribution in [2.45, 2.75) is 20.8 Å². The maximum absolute atomic E-state index is 4.52. The Balaban J connectivity index is 2.15. The Kier molecular flexibility index (Phi) is 3.44. The molecule has 0 radical (unpaired) electrons. The first-order chi connectivity index (χ1) is 9.61. The highest BCUT2D eigenvalue weighted by Crippen LogP contribution is 2.42. The van der Waals surface area contributed by atoms with E-state index in [1.807, 2.05) is 35.1 Å². The lowest BCUT2D eigenvalue weighted by molar-refractivity contribution is 1.24. The van der Waals surface area contributed by atoms with Crippen LogP contribution in [0.5, 0.6) is 0 Å². The Morgan fingerprint density at radius 3 is 2.65 bits per heavy atom. The van der Waals surface area contributed by atoms with Crippen LogP contribution in [0.25, 0.3) is 19.8 Å². The highest BCUT2D eigenvalue weighted by atomic mass is 32.2. The summed E-state index contributed by atoms with van der Waals surface area (Å²) in [6.07, 6.45) is 3.77. The SMILES string of the molecule is CN=Cc1ncc(-c2sc3scc(C)c3c2C)cc1C. The molecular weight excluding hydrogens is 284 g/mol. The molecule has 0 bridgehead atoms. The van der Waals surface area contributed by atoms with E-state index in [0.29, 0.717) is 0 Å². The van der Waals surface area contributed by atoms with Crippen LogP contribution in [-0.4, -0.2) is 18.2 Å². The molecular formula is C16H16N2S2. The van der Waals surface area contributed by atoms with Gasteiger partial charge in [0, 0.05) is 35.3 Å². The highest BCUT2D eigenvalue weighted by Gasteiger charge is 2.14. The van der Waals surface area contributed by atoms with Crippen molar-refractivity contribution in [1.29, 1.82) is 0 Å². The monoisotopic (exact) mass is 300 g/mol. The van der Waals surface area contributed by atoms with Crippen molar-refractivity contribution in [2.24, 2.45) is 4.99 Å². The summed E-state index contributed by atoms with van der Waals surface area (Å²) in [5, 5.41) is 3.66. The fourth-order valence-corrected chi connectivity index (χ4v) is 4.98. The number of rotatable bonds is 2. The lowest BCUT2D eigenvalue weighted by Gasteiger charge is -2.04. The molecule has 0 amide bonds. The van der Waals surface area contributed by atoms with Gasteiger partial charge >= 0.3 is 0 Å². The molecule has 0 spiro atoms. The topological polar surface area (TPSA) is 25.2 Å². The Morgan fingerprint density at radius 1 is 1.20 bits per heavy atom. The van der Waals surface area contributed by atoms with E-state index in [9.17, 15) is 0 Å². The number of pyridine rings is 1. The second-order valence-corrected chi connectivity index (χ2v) is 7.11. The second-order valence-electron chi connectivity index (χ2n) is 4.95. The molecule has 0 saturated heterocycles. The van der Waals surface area contributed by atoms with Gasteiger partial charge in [0.2, 0.25) is 0 Å². The number of fused-ring (bicyclic) bond motifs is 1. The fraction of sp³-hybridized carbons (Fsp3) is 0.250. The van der Waals surface area contributed by atoms with Gasteiger partial charge < -0.3 is 0 Å². The van der Waals surface area contributed by atoms with E-state index in [4.69, 9.17) is 0 Å². The Labute approximate surface area is 126 Å². The van der Waals surface area contributed by atoms with Gasteiger partial charge in [-0.05, 0) is 48.9 Å². The number of aryl methyl sites for hydroxylation is 3. The second kappa shape index (κ2) is 5.11. The minimum atomic E-state index is 0.948. The molecule has 3 aromatic rings. The van der Waals surface area contributed by atoms with E-state index < -0.39 is 0 Å². The van der Waals surface area contributed by atoms with Gasteiger partial charge in [-0.2, -0.15) is 0 Å². The van der Waals surface area contributed by atoms with Crippen LogP contribution in [0.4, 0.5) is 0 Å². The fourth-order valence-electron chi connectivity index (χ4n) is 2.47. The molecule has 0 aliphatic carbocycles. The van der Waals surface area contributed by atoms with Crippen LogP contribution in [0.1, 0.15) is 22.4 Å². The lowest BCUT2D eigenvalue weighted by atomic mass is 10.1. The highest BCUT2D eigenvalue weighted by molar-refractivity contribution is 7.39. The molecule has 0 atom stereocenters. The van der Waals surface area contributed by atoms with E-state index >= 15 is 0 Å². The Morgan fingerprint density at radius 2 is 2.00 bits per heavy atom. The van der Waals surface area contributed by atoms with Gasteiger partial charge in [0.1, 0.15) is 0 Å². The summed E-state index contributed by atoms with van der Waals surface area (Å²) in [6, 6.07) is 2.21. The maximum atomic E-state index is 4.52. The van der Waals surface area contributed by atoms with Gasteiger partial charge in [0.15, 0.2) is 0 Å². The van der Waals surface area contributed by atoms with Crippen molar-refractivity contribution >= 4 is 38.3 Å². The van der Waals surface area contributed by atoms with E-state index in [1.54, 1.807) is 7.05 Å². The molecule has 0 fully saturated rings. The molecule has 0 aliphatic rings. The van der Waals surface area contributed by atoms with Crippen molar-refractivity contribution in [3.05, 3.63) is 40.0 Å². The number of hydrogen-bond acceptors (Lipinski definition) is 4. The lowest BCUT2D eigenvalue weighted by Crippen LogP contribution is -1.93. The van der Waals surface area contributed by atoms with Gasteiger partial charge in [0.25, 0.3) is 0 Å². The zero-order valence-corrected chi connectivity index (χ0v) is 13.7. The van der Waals surface area contributed by atoms with Gasteiger partial charge in [-0.1, -0.05) is 0 Å². The largest absolute Gasteiger partial charge is 0.294 e. The molecule has 3 heterocycles. The first-order valence-electron chi connectivity index (χ1n) is 6.48. The number of aliphatic imine (C=N–C) groups is 1. The van der Waals surface area contributed by atoms with Gasteiger partial charge in [0.05, 0.1) is 9.71 Å². The van der Waals surface area contributed by atoms with Crippen LogP contribution >= 0.6 is 22.7 Å². The van der Waals surface area contributed by atoms with Crippen LogP contribution in [0.2, 0.25) is 0 Å². The summed E-state index contributed by atoms with van der Waals surface area (Å²) in [5.74, 6) is 0. The van der Waals surface area contributed by atoms with Crippen LogP contribution in [0.3, 0.4) is 0 Å². The first kappa shape index (κ1) is 13.5. The number of aromatic nitrogens is 1. The van der Waals surface area contributed by atoms with Crippen molar-refractivity contribution < 1.29 is 0 Å². The van der Waals surface area contributed by atoms with Crippen molar-refractivity contribution in [1.82, 2.24) is 4.98 Å². The summed E-state index contributed by atoms with van der Waals surface area (Å²) in [7, 11) is 1.77. The van der Waals surface area contributed by atoms with Crippen molar-refractivity contribution in [3.63, 3.8) is 0 Å². The predicted octanol–water partition coefficient (Wildman–Crippen LogP) is 5.00. The zero-order valence-electron chi connectivity index (χ0n) is 12.0. The third-order valence-corrected chi connectivity index (χ3v) is 6.05. The molecule has 3 rings (SSSR count). The molecule has 20 heavy (non-hydrogen) atoms. The van der Waals surface area contributed by atoms with E-state index in [0.717, 1.165) is 5.69 Å². The summed E-state index contributed by atoms with van der Waals surface area (Å²) < 4.78 is 1.41. The van der Waals surface area contributed by atoms with Crippen LogP contribution in [-0.2, 0) is 0 Å². The van der Waals surface area contributed by atoms with Crippen LogP contribution in [0, 0.1) is 20.8 Å². The van der Waals surface area contributed by atoms with Crippen LogP contribution < -0.4 is 0 Å². The Hall–Kier alpha value is -1.52. The summed E-state index contributed by atoms with van der Waals surface area (Å²) in [4.78, 5) is 9.90. The van der Waals surface area contributed by atoms with Crippen LogP contribution in [0.15, 0.2) is 22.6 Å². The van der Waals surface area contributed by atoms with E-state index in [2.05, 4.69) is 42.2 Å². The molecule has 2 nitrogen and oxygen atoms in total. The quantitative estimate of drug-likeness (QED) is 0.611. The molecule has 0 aromatic carbocycles. The first-order valence-corrected chi connectivity index (χ1v) is 8.17. The van der Waals surface area contributed by atoms with Gasteiger partial charge in [-0.3, -0.25) is 9.98 Å². The van der Waals surface area contributed by atoms with Gasteiger partial charge in [-0.15, -0.1) is 22.7 Å². The minimum Gasteiger partial charge on any atom is -0.294 e. The van der Waals surface area contributed by atoms with Gasteiger partial charge in [-0.25, -0.2) is 0 Å². The molecule has 0 N–H and O–H groups in total. The molecule has 0 saturated carbocycles. The summed E-state index contributed by atoms with van der Waals surface area (Å²) in [5.41, 5.74) is 6.08. The minimum absolute atomic E-state index is 0.948. The molecule has 0 aliphatic heterocycles.